The molecule has 1 aliphatic heterocycles. The van der Waals surface area contributed by atoms with Crippen molar-refractivity contribution in [2.24, 2.45) is 0 Å². The van der Waals surface area contributed by atoms with Gasteiger partial charge in [-0.05, 0) is 50.2 Å². The number of halogens is 1. The number of alkyl halides is 1. The van der Waals surface area contributed by atoms with Crippen LogP contribution in [0.5, 0.6) is 11.5 Å². The summed E-state index contributed by atoms with van der Waals surface area (Å²) in [5.74, 6) is 0.727. The Labute approximate surface area is 200 Å². The molecule has 7 nitrogen and oxygen atoms in total. The number of carbonyl (C=O) groups excluding carboxylic acids is 2. The van der Waals surface area contributed by atoms with Crippen molar-refractivity contribution in [3.8, 4) is 11.5 Å². The van der Waals surface area contributed by atoms with Crippen LogP contribution in [0.2, 0.25) is 0 Å². The number of piperidine rings is 1. The molecular weight excluding hydrogens is 446 g/mol. The van der Waals surface area contributed by atoms with Gasteiger partial charge in [0.25, 0.3) is 0 Å². The minimum absolute atomic E-state index is 0.353. The van der Waals surface area contributed by atoms with E-state index in [9.17, 15) is 9.59 Å². The van der Waals surface area contributed by atoms with Gasteiger partial charge in [-0.25, -0.2) is 9.59 Å². The van der Waals surface area contributed by atoms with Crippen LogP contribution in [0, 0.1) is 0 Å². The molecule has 2 aromatic carbocycles. The first-order valence-corrected chi connectivity index (χ1v) is 11.5. The lowest BCUT2D eigenvalue weighted by molar-refractivity contribution is 0.0586. The molecule has 0 bridgehead atoms. The number of likely N-dealkylation sites (tertiary alicyclic amines) is 1. The van der Waals surface area contributed by atoms with Gasteiger partial charge in [-0.3, -0.25) is 4.90 Å². The summed E-state index contributed by atoms with van der Waals surface area (Å²) in [4.78, 5) is 25.3. The number of nitrogens with zero attached hydrogens (tertiary/aromatic N) is 1. The highest BCUT2D eigenvalue weighted by Crippen LogP contribution is 2.19. The highest BCUT2D eigenvalue weighted by atomic mass is 35.5. The fraction of sp³-hybridized carbons (Fsp3) is 0.440. The number of methoxy groups -OCH3 is 2. The molecule has 0 amide bonds. The minimum atomic E-state index is -0.407. The van der Waals surface area contributed by atoms with Crippen LogP contribution >= 0.6 is 11.6 Å². The number of benzene rings is 2. The summed E-state index contributed by atoms with van der Waals surface area (Å²) in [6.45, 7) is 4.20. The highest BCUT2D eigenvalue weighted by molar-refractivity contribution is 6.18. The molecule has 0 N–H and O–H groups in total. The lowest BCUT2D eigenvalue weighted by Gasteiger charge is -2.26. The van der Waals surface area contributed by atoms with Gasteiger partial charge in [0.05, 0.1) is 20.1 Å². The van der Waals surface area contributed by atoms with Gasteiger partial charge in [-0.15, -0.1) is 11.6 Å². The molecule has 2 aromatic rings. The predicted octanol–water partition coefficient (Wildman–Crippen LogP) is 4.43. The number of hydrogen-bond acceptors (Lipinski definition) is 7. The number of para-hydroxylation sites is 2. The van der Waals surface area contributed by atoms with E-state index < -0.39 is 5.97 Å². The lowest BCUT2D eigenvalue weighted by Crippen LogP contribution is -2.33. The Kier molecular flexibility index (Phi) is 12.1. The number of hydrogen-bond donors (Lipinski definition) is 0. The normalized spacial score (nSPS) is 13.3. The first-order valence-electron chi connectivity index (χ1n) is 11.0. The van der Waals surface area contributed by atoms with Crippen LogP contribution in [0.25, 0.3) is 0 Å². The van der Waals surface area contributed by atoms with Gasteiger partial charge in [0.15, 0.2) is 0 Å². The summed E-state index contributed by atoms with van der Waals surface area (Å²) in [6, 6.07) is 14.1. The maximum atomic E-state index is 11.6. The smallest absolute Gasteiger partial charge is 0.341 e. The highest BCUT2D eigenvalue weighted by Gasteiger charge is 2.14. The van der Waals surface area contributed by atoms with E-state index in [2.05, 4.69) is 9.64 Å². The number of esters is 2. The van der Waals surface area contributed by atoms with Gasteiger partial charge in [0.1, 0.15) is 35.8 Å². The number of rotatable bonds is 9. The van der Waals surface area contributed by atoms with Crippen LogP contribution in [-0.4, -0.2) is 69.8 Å². The molecule has 0 atom stereocenters. The molecule has 3 rings (SSSR count). The first kappa shape index (κ1) is 26.5. The van der Waals surface area contributed by atoms with E-state index in [1.807, 2.05) is 18.2 Å². The van der Waals surface area contributed by atoms with Crippen LogP contribution in [0.3, 0.4) is 0 Å². The Balaban J connectivity index is 0.000000245. The molecule has 1 heterocycles. The van der Waals surface area contributed by atoms with E-state index in [0.29, 0.717) is 41.7 Å². The summed E-state index contributed by atoms with van der Waals surface area (Å²) in [5, 5.41) is 0. The first-order chi connectivity index (χ1) is 16.1. The molecule has 0 unspecified atom stereocenters. The molecule has 1 aliphatic rings. The van der Waals surface area contributed by atoms with E-state index in [-0.39, 0.29) is 5.97 Å². The predicted molar refractivity (Wildman–Crippen MR) is 128 cm³/mol. The second-order valence-corrected chi connectivity index (χ2v) is 7.64. The zero-order valence-corrected chi connectivity index (χ0v) is 20.0. The standard InChI is InChI=1S/C15H21NO3.C10H11ClO3/c1-18-15(17)13-7-3-4-8-14(13)19-12-11-16-9-5-2-6-10-16;1-13-10(12)8-4-2-3-5-9(8)14-7-6-11/h3-4,7-8H,2,5-6,9-12H2,1H3;2-5H,6-7H2,1H3. The summed E-state index contributed by atoms with van der Waals surface area (Å²) in [5.41, 5.74) is 0.906. The van der Waals surface area contributed by atoms with E-state index in [1.165, 1.54) is 33.5 Å². The third-order valence-electron chi connectivity index (χ3n) is 5.03. The van der Waals surface area contributed by atoms with E-state index in [0.717, 1.165) is 19.6 Å². The van der Waals surface area contributed by atoms with Crippen molar-refractivity contribution in [2.75, 3.05) is 52.9 Å². The van der Waals surface area contributed by atoms with Crippen molar-refractivity contribution in [1.29, 1.82) is 0 Å². The van der Waals surface area contributed by atoms with Crippen LogP contribution in [0.15, 0.2) is 48.5 Å². The SMILES string of the molecule is COC(=O)c1ccccc1OCCCl.COC(=O)c1ccccc1OCCN1CCCCC1. The second kappa shape index (κ2) is 15.1. The molecule has 0 aromatic heterocycles. The number of carbonyl (C=O) groups is 2. The molecule has 1 saturated heterocycles. The zero-order chi connectivity index (χ0) is 23.9. The molecule has 8 heteroatoms. The van der Waals surface area contributed by atoms with E-state index >= 15 is 0 Å². The molecule has 0 saturated carbocycles. The second-order valence-electron chi connectivity index (χ2n) is 7.26. The average molecular weight is 478 g/mol. The summed E-state index contributed by atoms with van der Waals surface area (Å²) in [7, 11) is 2.72. The van der Waals surface area contributed by atoms with E-state index in [1.54, 1.807) is 30.3 Å². The molecule has 180 valence electrons. The fourth-order valence-electron chi connectivity index (χ4n) is 3.36. The Morgan fingerprint density at radius 3 is 1.76 bits per heavy atom. The molecule has 1 fully saturated rings. The van der Waals surface area contributed by atoms with Crippen molar-refractivity contribution in [2.45, 2.75) is 19.3 Å². The van der Waals surface area contributed by atoms with Gasteiger partial charge < -0.3 is 18.9 Å². The molecule has 0 aliphatic carbocycles. The Morgan fingerprint density at radius 1 is 0.788 bits per heavy atom. The third kappa shape index (κ3) is 8.94. The fourth-order valence-corrected chi connectivity index (χ4v) is 3.44. The maximum Gasteiger partial charge on any atom is 0.341 e. The van der Waals surface area contributed by atoms with Gasteiger partial charge >= 0.3 is 11.9 Å². The molecule has 0 radical (unpaired) electrons. The third-order valence-corrected chi connectivity index (χ3v) is 5.19. The summed E-state index contributed by atoms with van der Waals surface area (Å²) in [6.07, 6.45) is 3.89. The summed E-state index contributed by atoms with van der Waals surface area (Å²) >= 11 is 5.48. The van der Waals surface area contributed by atoms with Crippen molar-refractivity contribution in [3.05, 3.63) is 59.7 Å². The lowest BCUT2D eigenvalue weighted by atomic mass is 10.1. The van der Waals surface area contributed by atoms with Crippen LogP contribution in [0.1, 0.15) is 40.0 Å². The van der Waals surface area contributed by atoms with Gasteiger partial charge in [-0.2, -0.15) is 0 Å². The van der Waals surface area contributed by atoms with Crippen LogP contribution in [-0.2, 0) is 9.47 Å². The zero-order valence-electron chi connectivity index (χ0n) is 19.3. The molecular formula is C25H32ClNO6. The topological polar surface area (TPSA) is 74.3 Å². The Hall–Kier alpha value is -2.77. The van der Waals surface area contributed by atoms with Crippen LogP contribution < -0.4 is 9.47 Å². The van der Waals surface area contributed by atoms with Crippen molar-refractivity contribution in [3.63, 3.8) is 0 Å². The Morgan fingerprint density at radius 2 is 1.27 bits per heavy atom. The summed E-state index contributed by atoms with van der Waals surface area (Å²) < 4.78 is 20.3. The Bertz CT molecular complexity index is 869. The molecule has 33 heavy (non-hydrogen) atoms. The quantitative estimate of drug-likeness (QED) is 0.390. The maximum absolute atomic E-state index is 11.6. The van der Waals surface area contributed by atoms with Crippen molar-refractivity contribution >= 4 is 23.5 Å². The molecule has 0 spiro atoms. The largest absolute Gasteiger partial charge is 0.491 e. The van der Waals surface area contributed by atoms with Crippen molar-refractivity contribution in [1.82, 2.24) is 4.90 Å². The van der Waals surface area contributed by atoms with Crippen LogP contribution in [0.4, 0.5) is 0 Å². The number of ether oxygens (including phenoxy) is 4. The van der Waals surface area contributed by atoms with Gasteiger partial charge in [0, 0.05) is 6.54 Å². The van der Waals surface area contributed by atoms with E-state index in [4.69, 9.17) is 25.8 Å². The average Bonchev–Trinajstić information content (AvgIpc) is 2.88. The monoisotopic (exact) mass is 477 g/mol. The minimum Gasteiger partial charge on any atom is -0.491 e. The van der Waals surface area contributed by atoms with Gasteiger partial charge in [-0.1, -0.05) is 30.7 Å². The van der Waals surface area contributed by atoms with Gasteiger partial charge in [0.2, 0.25) is 0 Å². The van der Waals surface area contributed by atoms with Crippen molar-refractivity contribution < 1.29 is 28.5 Å².